The van der Waals surface area contributed by atoms with Crippen LogP contribution in [0.3, 0.4) is 0 Å². The van der Waals surface area contributed by atoms with Crippen molar-refractivity contribution < 1.29 is 13.2 Å². The first kappa shape index (κ1) is 13.1. The van der Waals surface area contributed by atoms with Crippen LogP contribution >= 0.6 is 11.6 Å². The van der Waals surface area contributed by atoms with Gasteiger partial charge in [0, 0.05) is 5.39 Å². The van der Waals surface area contributed by atoms with Crippen molar-refractivity contribution in [3.05, 3.63) is 41.0 Å². The van der Waals surface area contributed by atoms with Gasteiger partial charge in [-0.3, -0.25) is 0 Å². The van der Waals surface area contributed by atoms with Crippen LogP contribution in [0.1, 0.15) is 5.56 Å². The number of para-hydroxylation sites is 1. The van der Waals surface area contributed by atoms with Crippen molar-refractivity contribution in [3.8, 4) is 0 Å². The maximum absolute atomic E-state index is 12.4. The highest BCUT2D eigenvalue weighted by Crippen LogP contribution is 2.26. The molecule has 1 aromatic carbocycles. The molecular weight excluding hydrogens is 265 g/mol. The van der Waals surface area contributed by atoms with Gasteiger partial charge < -0.3 is 5.73 Å². The van der Waals surface area contributed by atoms with E-state index in [4.69, 9.17) is 17.3 Å². The van der Waals surface area contributed by atoms with Gasteiger partial charge in [0.25, 0.3) is 0 Å². The van der Waals surface area contributed by atoms with Gasteiger partial charge in [0.05, 0.1) is 5.52 Å². The Bertz CT molecular complexity index is 569. The summed E-state index contributed by atoms with van der Waals surface area (Å²) in [4.78, 5) is 4.05. The minimum absolute atomic E-state index is 0.0633. The number of rotatable bonds is 2. The van der Waals surface area contributed by atoms with Gasteiger partial charge in [0.2, 0.25) is 0 Å². The van der Waals surface area contributed by atoms with Gasteiger partial charge in [-0.25, -0.2) is 4.98 Å². The predicted octanol–water partition coefficient (Wildman–Crippen LogP) is 3.32. The maximum atomic E-state index is 12.4. The Morgan fingerprint density at radius 2 is 1.94 bits per heavy atom. The Morgan fingerprint density at radius 1 is 1.28 bits per heavy atom. The Hall–Kier alpha value is -1.33. The molecule has 2 nitrogen and oxygen atoms in total. The van der Waals surface area contributed by atoms with Gasteiger partial charge in [-0.1, -0.05) is 29.8 Å². The summed E-state index contributed by atoms with van der Waals surface area (Å²) < 4.78 is 37.2. The number of halogens is 4. The van der Waals surface area contributed by atoms with Crippen molar-refractivity contribution in [2.24, 2.45) is 5.73 Å². The van der Waals surface area contributed by atoms with E-state index in [1.807, 2.05) is 0 Å². The summed E-state index contributed by atoms with van der Waals surface area (Å²) in [6.45, 7) is 0. The van der Waals surface area contributed by atoms with Crippen LogP contribution < -0.4 is 5.73 Å². The average molecular weight is 275 g/mol. The van der Waals surface area contributed by atoms with Gasteiger partial charge in [-0.2, -0.15) is 13.2 Å². The second kappa shape index (κ2) is 4.74. The molecule has 0 aliphatic carbocycles. The van der Waals surface area contributed by atoms with E-state index in [2.05, 4.69) is 4.98 Å². The molecule has 0 saturated carbocycles. The first-order chi connectivity index (χ1) is 8.38. The Kier molecular flexibility index (Phi) is 3.45. The fourth-order valence-electron chi connectivity index (χ4n) is 1.63. The lowest BCUT2D eigenvalue weighted by Crippen LogP contribution is -2.39. The molecule has 1 atom stereocenters. The number of nitrogens with zero attached hydrogens (tertiary/aromatic N) is 1. The molecule has 0 saturated heterocycles. The average Bonchev–Trinajstić information content (AvgIpc) is 2.28. The SMILES string of the molecule is NC(Cc1cc2ccccc2nc1Cl)C(F)(F)F. The molecule has 2 N–H and O–H groups in total. The van der Waals surface area contributed by atoms with E-state index in [0.717, 1.165) is 5.39 Å². The lowest BCUT2D eigenvalue weighted by molar-refractivity contribution is -0.147. The number of hydrogen-bond donors (Lipinski definition) is 1. The second-order valence-corrected chi connectivity index (χ2v) is 4.34. The number of nitrogens with two attached hydrogens (primary N) is 1. The van der Waals surface area contributed by atoms with Gasteiger partial charge in [0.1, 0.15) is 11.2 Å². The number of aromatic nitrogens is 1. The molecule has 0 radical (unpaired) electrons. The Balaban J connectivity index is 2.36. The highest BCUT2D eigenvalue weighted by atomic mass is 35.5. The van der Waals surface area contributed by atoms with E-state index in [1.165, 1.54) is 0 Å². The summed E-state index contributed by atoms with van der Waals surface area (Å²) in [6.07, 6.45) is -4.81. The molecule has 1 unspecified atom stereocenters. The predicted molar refractivity (Wildman–Crippen MR) is 64.5 cm³/mol. The summed E-state index contributed by atoms with van der Waals surface area (Å²) in [7, 11) is 0. The standard InChI is InChI=1S/C12H10ClF3N2/c13-11-8(6-10(17)12(14,15)16)5-7-3-1-2-4-9(7)18-11/h1-5,10H,6,17H2. The van der Waals surface area contributed by atoms with E-state index >= 15 is 0 Å². The lowest BCUT2D eigenvalue weighted by atomic mass is 10.1. The third-order valence-corrected chi connectivity index (χ3v) is 2.94. The van der Waals surface area contributed by atoms with Crippen molar-refractivity contribution in [2.45, 2.75) is 18.6 Å². The smallest absolute Gasteiger partial charge is 0.320 e. The first-order valence-corrected chi connectivity index (χ1v) is 5.62. The highest BCUT2D eigenvalue weighted by molar-refractivity contribution is 6.30. The summed E-state index contributed by atoms with van der Waals surface area (Å²) in [5.41, 5.74) is 6.04. The second-order valence-electron chi connectivity index (χ2n) is 3.98. The molecule has 0 spiro atoms. The van der Waals surface area contributed by atoms with Crippen molar-refractivity contribution >= 4 is 22.5 Å². The molecule has 2 aromatic rings. The molecule has 0 amide bonds. The van der Waals surface area contributed by atoms with E-state index in [0.29, 0.717) is 11.1 Å². The largest absolute Gasteiger partial charge is 0.403 e. The summed E-state index contributed by atoms with van der Waals surface area (Å²) in [5.74, 6) is 0. The van der Waals surface area contributed by atoms with Crippen LogP contribution in [-0.2, 0) is 6.42 Å². The van der Waals surface area contributed by atoms with E-state index < -0.39 is 12.2 Å². The van der Waals surface area contributed by atoms with Crippen molar-refractivity contribution in [1.29, 1.82) is 0 Å². The van der Waals surface area contributed by atoms with Crippen molar-refractivity contribution in [1.82, 2.24) is 4.98 Å². The molecule has 18 heavy (non-hydrogen) atoms. The highest BCUT2D eigenvalue weighted by Gasteiger charge is 2.36. The van der Waals surface area contributed by atoms with E-state index in [1.54, 1.807) is 30.3 Å². The number of benzene rings is 1. The molecule has 96 valence electrons. The van der Waals surface area contributed by atoms with Gasteiger partial charge in [-0.15, -0.1) is 0 Å². The van der Waals surface area contributed by atoms with Crippen LogP contribution in [-0.4, -0.2) is 17.2 Å². The van der Waals surface area contributed by atoms with Crippen LogP contribution in [0.2, 0.25) is 5.15 Å². The molecule has 1 heterocycles. The minimum Gasteiger partial charge on any atom is -0.320 e. The zero-order valence-corrected chi connectivity index (χ0v) is 9.96. The molecule has 1 aromatic heterocycles. The van der Waals surface area contributed by atoms with Crippen molar-refractivity contribution in [3.63, 3.8) is 0 Å². The fourth-order valence-corrected chi connectivity index (χ4v) is 1.85. The summed E-state index contributed by atoms with van der Waals surface area (Å²) in [6, 6.07) is 6.74. The van der Waals surface area contributed by atoms with Gasteiger partial charge >= 0.3 is 6.18 Å². The topological polar surface area (TPSA) is 38.9 Å². The quantitative estimate of drug-likeness (QED) is 0.853. The van der Waals surface area contributed by atoms with E-state index in [9.17, 15) is 13.2 Å². The lowest BCUT2D eigenvalue weighted by Gasteiger charge is -2.16. The third kappa shape index (κ3) is 2.73. The molecule has 2 rings (SSSR count). The number of fused-ring (bicyclic) bond motifs is 1. The zero-order chi connectivity index (χ0) is 13.3. The van der Waals surface area contributed by atoms with Gasteiger partial charge in [-0.05, 0) is 24.1 Å². The maximum Gasteiger partial charge on any atom is 0.403 e. The summed E-state index contributed by atoms with van der Waals surface area (Å²) in [5, 5.41) is 0.805. The van der Waals surface area contributed by atoms with Crippen LogP contribution in [0.5, 0.6) is 0 Å². The zero-order valence-electron chi connectivity index (χ0n) is 9.21. The van der Waals surface area contributed by atoms with Crippen LogP contribution in [0.25, 0.3) is 10.9 Å². The molecule has 6 heteroatoms. The fraction of sp³-hybridized carbons (Fsp3) is 0.250. The Labute approximate surface area is 107 Å². The number of pyridine rings is 1. The normalized spacial score (nSPS) is 13.8. The Morgan fingerprint density at radius 3 is 2.61 bits per heavy atom. The first-order valence-electron chi connectivity index (χ1n) is 5.24. The van der Waals surface area contributed by atoms with Crippen molar-refractivity contribution in [2.75, 3.05) is 0 Å². The van der Waals surface area contributed by atoms with Crippen LogP contribution in [0, 0.1) is 0 Å². The summed E-state index contributed by atoms with van der Waals surface area (Å²) >= 11 is 5.86. The molecule has 0 aliphatic heterocycles. The monoisotopic (exact) mass is 274 g/mol. The molecule has 0 aliphatic rings. The number of hydrogen-bond acceptors (Lipinski definition) is 2. The van der Waals surface area contributed by atoms with E-state index in [-0.39, 0.29) is 11.6 Å². The molecule has 0 bridgehead atoms. The molecule has 0 fully saturated rings. The van der Waals surface area contributed by atoms with Crippen LogP contribution in [0.15, 0.2) is 30.3 Å². The minimum atomic E-state index is -4.44. The molecular formula is C12H10ClF3N2. The van der Waals surface area contributed by atoms with Gasteiger partial charge in [0.15, 0.2) is 0 Å². The van der Waals surface area contributed by atoms with Crippen LogP contribution in [0.4, 0.5) is 13.2 Å². The number of alkyl halides is 3. The third-order valence-electron chi connectivity index (χ3n) is 2.61.